The lowest BCUT2D eigenvalue weighted by molar-refractivity contribution is 0.790. The van der Waals surface area contributed by atoms with Gasteiger partial charge in [-0.2, -0.15) is 0 Å². The highest BCUT2D eigenvalue weighted by Crippen LogP contribution is 2.05. The number of pyridine rings is 1. The Labute approximate surface area is 155 Å². The Balaban J connectivity index is 0.00000264. The third-order valence-electron chi connectivity index (χ3n) is 3.61. The highest BCUT2D eigenvalue weighted by atomic mass is 127. The van der Waals surface area contributed by atoms with Crippen LogP contribution in [-0.2, 0) is 13.0 Å². The van der Waals surface area contributed by atoms with Gasteiger partial charge in [-0.15, -0.1) is 24.0 Å². The predicted molar refractivity (Wildman–Crippen MR) is 107 cm³/mol. The number of benzene rings is 1. The third-order valence-corrected chi connectivity index (χ3v) is 3.61. The second-order valence-electron chi connectivity index (χ2n) is 5.34. The fourth-order valence-corrected chi connectivity index (χ4v) is 2.18. The molecule has 1 aromatic carbocycles. The van der Waals surface area contributed by atoms with E-state index < -0.39 is 0 Å². The first-order valence-corrected chi connectivity index (χ1v) is 7.59. The van der Waals surface area contributed by atoms with Gasteiger partial charge < -0.3 is 10.6 Å². The van der Waals surface area contributed by atoms with E-state index in [2.05, 4.69) is 57.9 Å². The van der Waals surface area contributed by atoms with Gasteiger partial charge in [0.1, 0.15) is 0 Å². The zero-order valence-electron chi connectivity index (χ0n) is 14.0. The van der Waals surface area contributed by atoms with Gasteiger partial charge in [-0.05, 0) is 43.0 Å². The van der Waals surface area contributed by atoms with E-state index in [4.69, 9.17) is 0 Å². The lowest BCUT2D eigenvalue weighted by Crippen LogP contribution is -2.38. The average molecular weight is 424 g/mol. The molecule has 2 aromatic rings. The Morgan fingerprint density at radius 2 is 1.87 bits per heavy atom. The van der Waals surface area contributed by atoms with E-state index in [0.717, 1.165) is 31.2 Å². The topological polar surface area (TPSA) is 49.3 Å². The number of guanidine groups is 1. The number of nitrogens with zero attached hydrogens (tertiary/aromatic N) is 2. The Bertz CT molecular complexity index is 623. The maximum absolute atomic E-state index is 4.31. The molecule has 23 heavy (non-hydrogen) atoms. The van der Waals surface area contributed by atoms with Gasteiger partial charge in [0.15, 0.2) is 5.96 Å². The average Bonchev–Trinajstić information content (AvgIpc) is 2.54. The molecule has 0 spiro atoms. The summed E-state index contributed by atoms with van der Waals surface area (Å²) >= 11 is 0. The van der Waals surface area contributed by atoms with Gasteiger partial charge in [0.2, 0.25) is 0 Å². The quantitative estimate of drug-likeness (QED) is 0.440. The number of aryl methyl sites for hydroxylation is 2. The van der Waals surface area contributed by atoms with E-state index in [1.54, 1.807) is 7.05 Å². The summed E-state index contributed by atoms with van der Waals surface area (Å²) in [5, 5.41) is 6.68. The normalized spacial score (nSPS) is 10.8. The highest BCUT2D eigenvalue weighted by Gasteiger charge is 2.00. The lowest BCUT2D eigenvalue weighted by Gasteiger charge is -2.13. The number of hydrogen-bond donors (Lipinski definition) is 2. The molecule has 2 rings (SSSR count). The molecule has 0 aliphatic carbocycles. The summed E-state index contributed by atoms with van der Waals surface area (Å²) < 4.78 is 0. The van der Waals surface area contributed by atoms with Crippen molar-refractivity contribution in [1.29, 1.82) is 0 Å². The molecule has 0 atom stereocenters. The molecule has 0 bridgehead atoms. The SMILES string of the molecule is CN=C(NCCc1ccc(C)nc1)NCc1ccccc1C.I. The van der Waals surface area contributed by atoms with Crippen molar-refractivity contribution < 1.29 is 0 Å². The highest BCUT2D eigenvalue weighted by molar-refractivity contribution is 14.0. The summed E-state index contributed by atoms with van der Waals surface area (Å²) in [6.07, 6.45) is 2.86. The molecule has 1 aromatic heterocycles. The van der Waals surface area contributed by atoms with Gasteiger partial charge in [0.05, 0.1) is 0 Å². The monoisotopic (exact) mass is 424 g/mol. The Morgan fingerprint density at radius 1 is 1.09 bits per heavy atom. The Morgan fingerprint density at radius 3 is 2.52 bits per heavy atom. The van der Waals surface area contributed by atoms with E-state index in [9.17, 15) is 0 Å². The van der Waals surface area contributed by atoms with Crippen molar-refractivity contribution in [3.8, 4) is 0 Å². The van der Waals surface area contributed by atoms with Crippen molar-refractivity contribution in [1.82, 2.24) is 15.6 Å². The number of aliphatic imine (C=N–C) groups is 1. The maximum atomic E-state index is 4.31. The molecule has 1 heterocycles. The number of aromatic nitrogens is 1. The standard InChI is InChI=1S/C18H24N4.HI/c1-14-6-4-5-7-17(14)13-22-18(19-3)20-11-10-16-9-8-15(2)21-12-16;/h4-9,12H,10-11,13H2,1-3H3,(H2,19,20,22);1H. The van der Waals surface area contributed by atoms with Crippen LogP contribution in [0, 0.1) is 13.8 Å². The first kappa shape index (κ1) is 19.4. The molecule has 0 amide bonds. The maximum Gasteiger partial charge on any atom is 0.191 e. The first-order chi connectivity index (χ1) is 10.7. The molecule has 0 aliphatic heterocycles. The van der Waals surface area contributed by atoms with Crippen LogP contribution in [0.3, 0.4) is 0 Å². The van der Waals surface area contributed by atoms with Crippen molar-refractivity contribution in [3.05, 3.63) is 65.0 Å². The van der Waals surface area contributed by atoms with E-state index >= 15 is 0 Å². The lowest BCUT2D eigenvalue weighted by atomic mass is 10.1. The van der Waals surface area contributed by atoms with Crippen molar-refractivity contribution in [2.24, 2.45) is 4.99 Å². The zero-order valence-corrected chi connectivity index (χ0v) is 16.3. The third kappa shape index (κ3) is 6.56. The van der Waals surface area contributed by atoms with Gasteiger partial charge in [-0.3, -0.25) is 9.98 Å². The second-order valence-corrected chi connectivity index (χ2v) is 5.34. The van der Waals surface area contributed by atoms with Crippen molar-refractivity contribution >= 4 is 29.9 Å². The molecular formula is C18H25IN4. The van der Waals surface area contributed by atoms with Crippen molar-refractivity contribution in [2.45, 2.75) is 26.8 Å². The predicted octanol–water partition coefficient (Wildman–Crippen LogP) is 3.22. The van der Waals surface area contributed by atoms with E-state index in [0.29, 0.717) is 0 Å². The molecular weight excluding hydrogens is 399 g/mol. The minimum atomic E-state index is 0. The van der Waals surface area contributed by atoms with E-state index in [-0.39, 0.29) is 24.0 Å². The molecule has 0 saturated heterocycles. The first-order valence-electron chi connectivity index (χ1n) is 7.59. The molecule has 0 unspecified atom stereocenters. The number of hydrogen-bond acceptors (Lipinski definition) is 2. The Hall–Kier alpha value is -1.63. The summed E-state index contributed by atoms with van der Waals surface area (Å²) in [6, 6.07) is 12.5. The van der Waals surface area contributed by atoms with Crippen molar-refractivity contribution in [3.63, 3.8) is 0 Å². The number of rotatable bonds is 5. The molecule has 0 radical (unpaired) electrons. The number of nitrogens with one attached hydrogen (secondary N) is 2. The molecule has 4 nitrogen and oxygen atoms in total. The van der Waals surface area contributed by atoms with Crippen LogP contribution < -0.4 is 10.6 Å². The summed E-state index contributed by atoms with van der Waals surface area (Å²) in [6.45, 7) is 5.73. The molecule has 0 saturated carbocycles. The fraction of sp³-hybridized carbons (Fsp3) is 0.333. The van der Waals surface area contributed by atoms with Crippen LogP contribution in [0.15, 0.2) is 47.6 Å². The second kappa shape index (κ2) is 10.2. The van der Waals surface area contributed by atoms with Gasteiger partial charge in [0, 0.05) is 32.0 Å². The fourth-order valence-electron chi connectivity index (χ4n) is 2.18. The Kier molecular flexibility index (Phi) is 8.61. The van der Waals surface area contributed by atoms with Gasteiger partial charge in [-0.1, -0.05) is 30.3 Å². The summed E-state index contributed by atoms with van der Waals surface area (Å²) in [5.74, 6) is 0.823. The van der Waals surface area contributed by atoms with Crippen LogP contribution in [0.5, 0.6) is 0 Å². The summed E-state index contributed by atoms with van der Waals surface area (Å²) in [5.41, 5.74) is 4.85. The van der Waals surface area contributed by atoms with Crippen LogP contribution >= 0.6 is 24.0 Å². The van der Waals surface area contributed by atoms with Crippen LogP contribution in [0.1, 0.15) is 22.4 Å². The van der Waals surface area contributed by atoms with Gasteiger partial charge >= 0.3 is 0 Å². The van der Waals surface area contributed by atoms with Crippen molar-refractivity contribution in [2.75, 3.05) is 13.6 Å². The van der Waals surface area contributed by atoms with Crippen LogP contribution in [-0.4, -0.2) is 24.5 Å². The van der Waals surface area contributed by atoms with E-state index in [1.807, 2.05) is 19.2 Å². The molecule has 2 N–H and O–H groups in total. The van der Waals surface area contributed by atoms with E-state index in [1.165, 1.54) is 16.7 Å². The minimum absolute atomic E-state index is 0. The van der Waals surface area contributed by atoms with Crippen LogP contribution in [0.25, 0.3) is 0 Å². The number of halogens is 1. The van der Waals surface area contributed by atoms with Crippen LogP contribution in [0.4, 0.5) is 0 Å². The van der Waals surface area contributed by atoms with Crippen LogP contribution in [0.2, 0.25) is 0 Å². The zero-order chi connectivity index (χ0) is 15.8. The molecule has 0 fully saturated rings. The molecule has 5 heteroatoms. The largest absolute Gasteiger partial charge is 0.356 e. The summed E-state index contributed by atoms with van der Waals surface area (Å²) in [7, 11) is 1.79. The molecule has 124 valence electrons. The van der Waals surface area contributed by atoms with Gasteiger partial charge in [-0.25, -0.2) is 0 Å². The smallest absolute Gasteiger partial charge is 0.191 e. The van der Waals surface area contributed by atoms with Gasteiger partial charge in [0.25, 0.3) is 0 Å². The molecule has 0 aliphatic rings. The summed E-state index contributed by atoms with van der Waals surface area (Å²) in [4.78, 5) is 8.57. The minimum Gasteiger partial charge on any atom is -0.356 e.